The molecule has 4 aliphatic rings. The van der Waals surface area contributed by atoms with Gasteiger partial charge in [-0.05, 0) is 92.2 Å². The molecule has 3 heteroatoms. The molecule has 4 saturated carbocycles. The van der Waals surface area contributed by atoms with Crippen LogP contribution in [0.3, 0.4) is 0 Å². The summed E-state index contributed by atoms with van der Waals surface area (Å²) in [5, 5.41) is 6.04. The van der Waals surface area contributed by atoms with Gasteiger partial charge in [-0.3, -0.25) is 0 Å². The van der Waals surface area contributed by atoms with E-state index in [1.807, 2.05) is 12.1 Å². The number of hydrogen-bond donors (Lipinski definition) is 2. The molecule has 0 radical (unpaired) electrons. The monoisotopic (exact) mass is 326 g/mol. The first kappa shape index (κ1) is 16.0. The Morgan fingerprint density at radius 3 is 2.17 bits per heavy atom. The van der Waals surface area contributed by atoms with Crippen LogP contribution in [0.25, 0.3) is 0 Å². The molecule has 5 rings (SSSR count). The molecule has 0 aromatic heterocycles. The zero-order valence-electron chi connectivity index (χ0n) is 14.8. The Kier molecular flexibility index (Phi) is 4.28. The van der Waals surface area contributed by atoms with Crippen LogP contribution in [0.15, 0.2) is 24.3 Å². The maximum atomic E-state index is 12.1. The van der Waals surface area contributed by atoms with Crippen LogP contribution in [-0.4, -0.2) is 12.6 Å². The lowest BCUT2D eigenvalue weighted by Crippen LogP contribution is -2.47. The number of rotatable bonds is 5. The molecule has 0 aliphatic heterocycles. The molecule has 0 spiro atoms. The first-order valence-electron chi connectivity index (χ1n) is 9.78. The van der Waals surface area contributed by atoms with E-state index in [9.17, 15) is 4.79 Å². The highest BCUT2D eigenvalue weighted by Crippen LogP contribution is 2.61. The minimum absolute atomic E-state index is 0.0658. The second kappa shape index (κ2) is 6.42. The molecule has 0 saturated heterocycles. The van der Waals surface area contributed by atoms with Gasteiger partial charge in [-0.2, -0.15) is 0 Å². The smallest absolute Gasteiger partial charge is 0.319 e. The zero-order valence-corrected chi connectivity index (χ0v) is 14.8. The molecule has 2 amide bonds. The summed E-state index contributed by atoms with van der Waals surface area (Å²) in [5.74, 6) is 2.96. The first-order chi connectivity index (χ1) is 11.6. The molecule has 4 aliphatic carbocycles. The Bertz CT molecular complexity index is 557. The van der Waals surface area contributed by atoms with Crippen molar-refractivity contribution in [3.63, 3.8) is 0 Å². The van der Waals surface area contributed by atoms with E-state index in [1.165, 1.54) is 50.5 Å². The van der Waals surface area contributed by atoms with Gasteiger partial charge in [0.05, 0.1) is 0 Å². The normalized spacial score (nSPS) is 33.5. The van der Waals surface area contributed by atoms with E-state index >= 15 is 0 Å². The highest BCUT2D eigenvalue weighted by atomic mass is 16.2. The van der Waals surface area contributed by atoms with Gasteiger partial charge in [0.15, 0.2) is 0 Å². The van der Waals surface area contributed by atoms with Crippen LogP contribution in [0.2, 0.25) is 0 Å². The summed E-state index contributed by atoms with van der Waals surface area (Å²) in [4.78, 5) is 12.1. The van der Waals surface area contributed by atoms with Crippen molar-refractivity contribution in [3.05, 3.63) is 29.8 Å². The molecule has 0 heterocycles. The van der Waals surface area contributed by atoms with E-state index in [0.717, 1.165) is 36.4 Å². The third-order valence-corrected chi connectivity index (χ3v) is 6.73. The van der Waals surface area contributed by atoms with Crippen molar-refractivity contribution < 1.29 is 4.79 Å². The molecule has 1 aromatic carbocycles. The van der Waals surface area contributed by atoms with Crippen LogP contribution < -0.4 is 10.6 Å². The summed E-state index contributed by atoms with van der Waals surface area (Å²) in [6.45, 7) is 2.95. The average molecular weight is 326 g/mol. The van der Waals surface area contributed by atoms with Crippen molar-refractivity contribution in [1.82, 2.24) is 5.32 Å². The minimum Gasteiger partial charge on any atom is -0.338 e. The predicted molar refractivity (Wildman–Crippen MR) is 98.1 cm³/mol. The molecule has 0 unspecified atom stereocenters. The van der Waals surface area contributed by atoms with Crippen molar-refractivity contribution in [3.8, 4) is 0 Å². The van der Waals surface area contributed by atoms with E-state index in [2.05, 4.69) is 29.7 Å². The van der Waals surface area contributed by atoms with Crippen molar-refractivity contribution in [2.24, 2.45) is 23.2 Å². The Hall–Kier alpha value is -1.51. The fourth-order valence-electron chi connectivity index (χ4n) is 6.04. The highest BCUT2D eigenvalue weighted by Gasteiger charge is 2.50. The summed E-state index contributed by atoms with van der Waals surface area (Å²) >= 11 is 0. The minimum atomic E-state index is -0.0658. The Morgan fingerprint density at radius 2 is 1.62 bits per heavy atom. The van der Waals surface area contributed by atoms with Crippen LogP contribution in [0.1, 0.15) is 57.4 Å². The van der Waals surface area contributed by atoms with Gasteiger partial charge in [-0.25, -0.2) is 4.79 Å². The Labute approximate surface area is 145 Å². The molecular formula is C21H30N2O. The zero-order chi connectivity index (χ0) is 16.6. The third kappa shape index (κ3) is 3.31. The van der Waals surface area contributed by atoms with E-state index < -0.39 is 0 Å². The number of benzene rings is 1. The van der Waals surface area contributed by atoms with Crippen molar-refractivity contribution in [1.29, 1.82) is 0 Å². The summed E-state index contributed by atoms with van der Waals surface area (Å²) < 4.78 is 0. The number of hydrogen-bond acceptors (Lipinski definition) is 1. The van der Waals surface area contributed by atoms with Crippen LogP contribution in [0.5, 0.6) is 0 Å². The summed E-state index contributed by atoms with van der Waals surface area (Å²) in [6.07, 6.45) is 10.9. The summed E-state index contributed by atoms with van der Waals surface area (Å²) in [7, 11) is 0. The molecule has 4 bridgehead atoms. The van der Waals surface area contributed by atoms with Gasteiger partial charge in [0, 0.05) is 12.2 Å². The maximum absolute atomic E-state index is 12.1. The summed E-state index contributed by atoms with van der Waals surface area (Å²) in [6, 6.07) is 8.05. The Balaban J connectivity index is 1.25. The van der Waals surface area contributed by atoms with Gasteiger partial charge >= 0.3 is 6.03 Å². The van der Waals surface area contributed by atoms with Gasteiger partial charge in [-0.15, -0.1) is 0 Å². The van der Waals surface area contributed by atoms with Crippen LogP contribution in [0.4, 0.5) is 10.5 Å². The van der Waals surface area contributed by atoms with E-state index in [1.54, 1.807) is 0 Å². The van der Waals surface area contributed by atoms with Gasteiger partial charge in [0.2, 0.25) is 0 Å². The Morgan fingerprint density at radius 1 is 1.04 bits per heavy atom. The lowest BCUT2D eigenvalue weighted by atomic mass is 9.49. The second-order valence-electron chi connectivity index (χ2n) is 8.60. The quantitative estimate of drug-likeness (QED) is 0.787. The van der Waals surface area contributed by atoms with Crippen LogP contribution >= 0.6 is 0 Å². The van der Waals surface area contributed by atoms with E-state index in [-0.39, 0.29) is 6.03 Å². The van der Waals surface area contributed by atoms with Crippen molar-refractivity contribution in [2.75, 3.05) is 11.9 Å². The molecule has 2 N–H and O–H groups in total. The number of anilines is 1. The van der Waals surface area contributed by atoms with Crippen LogP contribution in [-0.2, 0) is 6.42 Å². The lowest BCUT2D eigenvalue weighted by molar-refractivity contribution is -0.0563. The molecule has 130 valence electrons. The van der Waals surface area contributed by atoms with E-state index in [4.69, 9.17) is 0 Å². The SMILES string of the molecule is CCc1ccc(NC(=O)NCCC23CC4CC(CC(C4)C2)C3)cc1. The van der Waals surface area contributed by atoms with Gasteiger partial charge in [0.25, 0.3) is 0 Å². The average Bonchev–Trinajstić information content (AvgIpc) is 2.54. The first-order valence-corrected chi connectivity index (χ1v) is 9.78. The molecule has 4 fully saturated rings. The second-order valence-corrected chi connectivity index (χ2v) is 8.60. The standard InChI is InChI=1S/C21H30N2O/c1-2-15-3-5-19(6-4-15)23-20(24)22-8-7-21-12-16-9-17(13-21)11-18(10-16)14-21/h3-6,16-18H,2,7-14H2,1H3,(H2,22,23,24). The fraction of sp³-hybridized carbons (Fsp3) is 0.667. The van der Waals surface area contributed by atoms with Gasteiger partial charge in [0.1, 0.15) is 0 Å². The van der Waals surface area contributed by atoms with Crippen molar-refractivity contribution in [2.45, 2.75) is 58.3 Å². The van der Waals surface area contributed by atoms with Crippen molar-refractivity contribution >= 4 is 11.7 Å². The molecule has 0 atom stereocenters. The number of carbonyl (C=O) groups is 1. The summed E-state index contributed by atoms with van der Waals surface area (Å²) in [5.41, 5.74) is 2.72. The lowest BCUT2D eigenvalue weighted by Gasteiger charge is -2.57. The number of urea groups is 1. The topological polar surface area (TPSA) is 41.1 Å². The maximum Gasteiger partial charge on any atom is 0.319 e. The number of amides is 2. The number of nitrogens with one attached hydrogen (secondary N) is 2. The van der Waals surface area contributed by atoms with Gasteiger partial charge < -0.3 is 10.6 Å². The third-order valence-electron chi connectivity index (χ3n) is 6.73. The fourth-order valence-corrected chi connectivity index (χ4v) is 6.04. The number of carbonyl (C=O) groups excluding carboxylic acids is 1. The van der Waals surface area contributed by atoms with Gasteiger partial charge in [-0.1, -0.05) is 19.1 Å². The van der Waals surface area contributed by atoms with Crippen LogP contribution in [0, 0.1) is 23.2 Å². The highest BCUT2D eigenvalue weighted by molar-refractivity contribution is 5.89. The molecule has 3 nitrogen and oxygen atoms in total. The van der Waals surface area contributed by atoms with E-state index in [0.29, 0.717) is 5.41 Å². The number of aryl methyl sites for hydroxylation is 1. The largest absolute Gasteiger partial charge is 0.338 e. The molecule has 24 heavy (non-hydrogen) atoms. The molecular weight excluding hydrogens is 296 g/mol. The molecule has 1 aromatic rings. The predicted octanol–water partition coefficient (Wildman–Crippen LogP) is 4.98.